The van der Waals surface area contributed by atoms with Crippen LogP contribution < -0.4 is 10.6 Å². The molecule has 0 radical (unpaired) electrons. The molecule has 29 heavy (non-hydrogen) atoms. The first kappa shape index (κ1) is 22.4. The largest absolute Gasteiger partial charge is 0.326 e. The number of hydrogen-bond donors (Lipinski definition) is 2. The number of nitriles is 1. The third-order valence-electron chi connectivity index (χ3n) is 4.21. The Morgan fingerprint density at radius 3 is 2.31 bits per heavy atom. The molecule has 0 bridgehead atoms. The van der Waals surface area contributed by atoms with Crippen molar-refractivity contribution in [2.45, 2.75) is 56.7 Å². The number of hydrogen-bond acceptors (Lipinski definition) is 5. The Hall–Kier alpha value is -2.85. The number of aromatic nitrogens is 1. The molecule has 2 amide bonds. The van der Waals surface area contributed by atoms with Crippen LogP contribution in [0, 0.1) is 11.3 Å². The topological polar surface area (TPSA) is 94.9 Å². The molecule has 0 aliphatic heterocycles. The Morgan fingerprint density at radius 2 is 1.76 bits per heavy atom. The first-order chi connectivity index (χ1) is 14.0. The third-order valence-corrected chi connectivity index (χ3v) is 5.58. The van der Waals surface area contributed by atoms with Crippen LogP contribution in [0.15, 0.2) is 41.4 Å². The molecular formula is C22H26N4O2S. The Bertz CT molecular complexity index is 891. The summed E-state index contributed by atoms with van der Waals surface area (Å²) >= 11 is 1.32. The molecule has 0 aliphatic carbocycles. The SMILES string of the molecule is CCCCc1ccc(C#N)c(SC(CC)C(=O)Nc2ccc(NC(C)=O)cc2)n1. The van der Waals surface area contributed by atoms with Gasteiger partial charge in [-0.1, -0.05) is 32.0 Å². The van der Waals surface area contributed by atoms with Gasteiger partial charge in [0.1, 0.15) is 11.1 Å². The van der Waals surface area contributed by atoms with Crippen LogP contribution in [-0.4, -0.2) is 22.0 Å². The van der Waals surface area contributed by atoms with E-state index in [0.717, 1.165) is 25.0 Å². The molecule has 0 aliphatic rings. The van der Waals surface area contributed by atoms with Crippen LogP contribution in [-0.2, 0) is 16.0 Å². The number of carbonyl (C=O) groups excluding carboxylic acids is 2. The molecule has 1 atom stereocenters. The average molecular weight is 411 g/mol. The number of pyridine rings is 1. The van der Waals surface area contributed by atoms with E-state index in [0.29, 0.717) is 28.4 Å². The van der Waals surface area contributed by atoms with E-state index in [1.807, 2.05) is 13.0 Å². The number of carbonyl (C=O) groups is 2. The number of anilines is 2. The summed E-state index contributed by atoms with van der Waals surface area (Å²) in [6, 6.07) is 12.8. The molecule has 0 fully saturated rings. The van der Waals surface area contributed by atoms with Crippen molar-refractivity contribution in [3.63, 3.8) is 0 Å². The zero-order valence-electron chi connectivity index (χ0n) is 17.0. The maximum absolute atomic E-state index is 12.8. The van der Waals surface area contributed by atoms with Crippen LogP contribution in [0.25, 0.3) is 0 Å². The van der Waals surface area contributed by atoms with Gasteiger partial charge in [-0.3, -0.25) is 9.59 Å². The van der Waals surface area contributed by atoms with E-state index in [4.69, 9.17) is 0 Å². The van der Waals surface area contributed by atoms with E-state index in [1.165, 1.54) is 18.7 Å². The van der Waals surface area contributed by atoms with Crippen LogP contribution in [0.3, 0.4) is 0 Å². The van der Waals surface area contributed by atoms with Crippen molar-refractivity contribution in [2.24, 2.45) is 0 Å². The highest BCUT2D eigenvalue weighted by atomic mass is 32.2. The van der Waals surface area contributed by atoms with Crippen molar-refractivity contribution >= 4 is 35.0 Å². The molecule has 1 unspecified atom stereocenters. The van der Waals surface area contributed by atoms with Gasteiger partial charge in [0.25, 0.3) is 0 Å². The predicted molar refractivity (Wildman–Crippen MR) is 117 cm³/mol. The normalized spacial score (nSPS) is 11.4. The highest BCUT2D eigenvalue weighted by molar-refractivity contribution is 8.00. The maximum atomic E-state index is 12.8. The lowest BCUT2D eigenvalue weighted by Gasteiger charge is -2.16. The van der Waals surface area contributed by atoms with Gasteiger partial charge in [0, 0.05) is 24.0 Å². The van der Waals surface area contributed by atoms with Crippen LogP contribution in [0.5, 0.6) is 0 Å². The second-order valence-electron chi connectivity index (χ2n) is 6.63. The van der Waals surface area contributed by atoms with Crippen molar-refractivity contribution in [3.05, 3.63) is 47.7 Å². The minimum Gasteiger partial charge on any atom is -0.326 e. The van der Waals surface area contributed by atoms with E-state index in [-0.39, 0.29) is 17.1 Å². The van der Waals surface area contributed by atoms with Gasteiger partial charge < -0.3 is 10.6 Å². The fourth-order valence-corrected chi connectivity index (χ4v) is 3.68. The van der Waals surface area contributed by atoms with Crippen LogP contribution in [0.2, 0.25) is 0 Å². The Morgan fingerprint density at radius 1 is 1.10 bits per heavy atom. The minimum atomic E-state index is -0.369. The van der Waals surface area contributed by atoms with Gasteiger partial charge in [-0.25, -0.2) is 4.98 Å². The van der Waals surface area contributed by atoms with Crippen molar-refractivity contribution in [1.29, 1.82) is 5.26 Å². The van der Waals surface area contributed by atoms with Gasteiger partial charge in [-0.2, -0.15) is 5.26 Å². The first-order valence-corrected chi connectivity index (χ1v) is 10.6. The molecular weight excluding hydrogens is 384 g/mol. The highest BCUT2D eigenvalue weighted by Gasteiger charge is 2.21. The lowest BCUT2D eigenvalue weighted by molar-refractivity contribution is -0.116. The molecule has 152 valence electrons. The molecule has 1 aromatic carbocycles. The van der Waals surface area contributed by atoms with Gasteiger partial charge in [-0.05, 0) is 55.7 Å². The maximum Gasteiger partial charge on any atom is 0.237 e. The quantitative estimate of drug-likeness (QED) is 0.581. The summed E-state index contributed by atoms with van der Waals surface area (Å²) in [5.74, 6) is -0.291. The number of amides is 2. The monoisotopic (exact) mass is 410 g/mol. The zero-order chi connectivity index (χ0) is 21.2. The number of benzene rings is 1. The summed E-state index contributed by atoms with van der Waals surface area (Å²) in [4.78, 5) is 28.5. The van der Waals surface area contributed by atoms with E-state index in [1.54, 1.807) is 30.3 Å². The summed E-state index contributed by atoms with van der Waals surface area (Å²) in [7, 11) is 0. The number of aryl methyl sites for hydroxylation is 1. The number of nitrogens with zero attached hydrogens (tertiary/aromatic N) is 2. The van der Waals surface area contributed by atoms with Crippen molar-refractivity contribution < 1.29 is 9.59 Å². The van der Waals surface area contributed by atoms with Crippen LogP contribution in [0.1, 0.15) is 51.3 Å². The summed E-state index contributed by atoms with van der Waals surface area (Å²) < 4.78 is 0. The number of thioether (sulfide) groups is 1. The summed E-state index contributed by atoms with van der Waals surface area (Å²) in [5.41, 5.74) is 2.75. The third kappa shape index (κ3) is 6.91. The van der Waals surface area contributed by atoms with Gasteiger partial charge in [0.15, 0.2) is 0 Å². The Balaban J connectivity index is 2.09. The van der Waals surface area contributed by atoms with E-state index in [9.17, 15) is 14.9 Å². The molecule has 0 saturated heterocycles. The second-order valence-corrected chi connectivity index (χ2v) is 7.82. The fraction of sp³-hybridized carbons (Fsp3) is 0.364. The zero-order valence-corrected chi connectivity index (χ0v) is 17.8. The van der Waals surface area contributed by atoms with E-state index in [2.05, 4.69) is 28.6 Å². The van der Waals surface area contributed by atoms with Crippen molar-refractivity contribution in [2.75, 3.05) is 10.6 Å². The van der Waals surface area contributed by atoms with Gasteiger partial charge >= 0.3 is 0 Å². The van der Waals surface area contributed by atoms with Crippen molar-refractivity contribution in [3.8, 4) is 6.07 Å². The number of rotatable bonds is 9. The molecule has 2 N–H and O–H groups in total. The summed E-state index contributed by atoms with van der Waals surface area (Å²) in [6.07, 6.45) is 3.58. The minimum absolute atomic E-state index is 0.144. The van der Waals surface area contributed by atoms with Crippen molar-refractivity contribution in [1.82, 2.24) is 4.98 Å². The molecule has 1 aromatic heterocycles. The van der Waals surface area contributed by atoms with Crippen LogP contribution >= 0.6 is 11.8 Å². The number of nitrogens with one attached hydrogen (secondary N) is 2. The Kier molecular flexibility index (Phi) is 8.68. The smallest absolute Gasteiger partial charge is 0.237 e. The second kappa shape index (κ2) is 11.2. The standard InChI is InChI=1S/C22H26N4O2S/c1-4-6-7-17-9-8-16(14-23)22(26-17)29-20(5-2)21(28)25-19-12-10-18(11-13-19)24-15(3)27/h8-13,20H,4-7H2,1-3H3,(H,24,27)(H,25,28). The molecule has 6 nitrogen and oxygen atoms in total. The first-order valence-electron chi connectivity index (χ1n) is 9.72. The molecule has 0 spiro atoms. The molecule has 2 rings (SSSR count). The number of unbranched alkanes of at least 4 members (excludes halogenated alkanes) is 1. The lowest BCUT2D eigenvalue weighted by Crippen LogP contribution is -2.24. The molecule has 1 heterocycles. The van der Waals surface area contributed by atoms with Gasteiger partial charge in [0.2, 0.25) is 11.8 Å². The average Bonchev–Trinajstić information content (AvgIpc) is 2.71. The van der Waals surface area contributed by atoms with Gasteiger partial charge in [0.05, 0.1) is 10.8 Å². The highest BCUT2D eigenvalue weighted by Crippen LogP contribution is 2.28. The Labute approximate surface area is 176 Å². The molecule has 2 aromatic rings. The molecule has 0 saturated carbocycles. The van der Waals surface area contributed by atoms with E-state index < -0.39 is 0 Å². The fourth-order valence-electron chi connectivity index (χ4n) is 2.67. The molecule has 7 heteroatoms. The lowest BCUT2D eigenvalue weighted by atomic mass is 10.2. The summed E-state index contributed by atoms with van der Waals surface area (Å²) in [5, 5.41) is 15.2. The van der Waals surface area contributed by atoms with Gasteiger partial charge in [-0.15, -0.1) is 0 Å². The predicted octanol–water partition coefficient (Wildman–Crippen LogP) is 4.76. The van der Waals surface area contributed by atoms with E-state index >= 15 is 0 Å². The van der Waals surface area contributed by atoms with Crippen LogP contribution in [0.4, 0.5) is 11.4 Å². The summed E-state index contributed by atoms with van der Waals surface area (Å²) in [6.45, 7) is 5.50.